The molecule has 1 aromatic rings. The monoisotopic (exact) mass is 569 g/mol. The van der Waals surface area contributed by atoms with Crippen molar-refractivity contribution < 1.29 is 19.2 Å². The molecule has 0 saturated heterocycles. The van der Waals surface area contributed by atoms with Gasteiger partial charge in [-0.2, -0.15) is 0 Å². The zero-order valence-electron chi connectivity index (χ0n) is 23.4. The summed E-state index contributed by atoms with van der Waals surface area (Å²) in [6.45, 7) is 4.00. The van der Waals surface area contributed by atoms with Crippen molar-refractivity contribution in [3.63, 3.8) is 0 Å². The number of nitrogens with one attached hydrogen (secondary N) is 2. The molecule has 224 valence electrons. The molecule has 2 rings (SSSR count). The van der Waals surface area contributed by atoms with E-state index in [9.17, 15) is 19.2 Å². The average molecular weight is 570 g/mol. The number of carbonyl (C=O) groups excluding carboxylic acids is 4. The molecule has 0 aliphatic heterocycles. The molecule has 2 unspecified atom stereocenters. The van der Waals surface area contributed by atoms with E-state index < -0.39 is 41.6 Å². The second-order valence-electron chi connectivity index (χ2n) is 10.3. The van der Waals surface area contributed by atoms with Crippen molar-refractivity contribution in [2.24, 2.45) is 45.5 Å². The Balaban J connectivity index is 2.36. The molecule has 13 nitrogen and oxygen atoms in total. The Bertz CT molecular complexity index is 1130. The van der Waals surface area contributed by atoms with Gasteiger partial charge in [0.1, 0.15) is 23.8 Å². The van der Waals surface area contributed by atoms with Crippen molar-refractivity contribution in [1.82, 2.24) is 10.2 Å². The molecule has 1 aromatic carbocycles. The van der Waals surface area contributed by atoms with Crippen LogP contribution in [0.5, 0.6) is 0 Å². The van der Waals surface area contributed by atoms with Crippen LogP contribution in [0.1, 0.15) is 56.1 Å². The average Bonchev–Trinajstić information content (AvgIpc) is 2.93. The second kappa shape index (κ2) is 16.0. The number of nitrogens with zero attached hydrogens (tertiary/aromatic N) is 2. The molecule has 12 N–H and O–H groups in total. The minimum absolute atomic E-state index is 0.00625. The Morgan fingerprint density at radius 1 is 1.02 bits per heavy atom. The lowest BCUT2D eigenvalue weighted by molar-refractivity contribution is -0.149. The third kappa shape index (κ3) is 9.92. The quantitative estimate of drug-likeness (QED) is 0.0455. The van der Waals surface area contributed by atoms with E-state index in [4.69, 9.17) is 34.1 Å². The maximum absolute atomic E-state index is 14.0. The fraction of sp³-hybridized carbons (Fsp3) is 0.500. The van der Waals surface area contributed by atoms with Crippen molar-refractivity contribution >= 4 is 35.4 Å². The van der Waals surface area contributed by atoms with Gasteiger partial charge in [0.05, 0.1) is 0 Å². The van der Waals surface area contributed by atoms with Crippen LogP contribution in [0.15, 0.2) is 41.9 Å². The number of aliphatic imine (C=N–C) groups is 1. The Hall–Kier alpha value is -4.42. The number of amides is 4. The first-order valence-corrected chi connectivity index (χ1v) is 13.7. The van der Waals surface area contributed by atoms with Crippen LogP contribution in [0.3, 0.4) is 0 Å². The molecule has 1 aliphatic carbocycles. The van der Waals surface area contributed by atoms with Gasteiger partial charge >= 0.3 is 0 Å². The highest BCUT2D eigenvalue weighted by Gasteiger charge is 2.41. The van der Waals surface area contributed by atoms with Gasteiger partial charge in [-0.15, -0.1) is 6.58 Å². The summed E-state index contributed by atoms with van der Waals surface area (Å²) >= 11 is 0. The van der Waals surface area contributed by atoms with Crippen LogP contribution in [-0.2, 0) is 25.6 Å². The molecular weight excluding hydrogens is 526 g/mol. The molecule has 1 fully saturated rings. The van der Waals surface area contributed by atoms with Gasteiger partial charge in [-0.3, -0.25) is 29.6 Å². The second-order valence-corrected chi connectivity index (χ2v) is 10.3. The first kappa shape index (κ1) is 32.8. The number of amidine groups is 1. The summed E-state index contributed by atoms with van der Waals surface area (Å²) in [6.07, 6.45) is 6.22. The largest absolute Gasteiger partial charge is 0.384 e. The van der Waals surface area contributed by atoms with E-state index in [0.29, 0.717) is 30.4 Å². The highest BCUT2D eigenvalue weighted by molar-refractivity contribution is 6.02. The molecule has 0 radical (unpaired) electrons. The molecule has 0 aromatic heterocycles. The zero-order chi connectivity index (χ0) is 30.5. The van der Waals surface area contributed by atoms with Gasteiger partial charge in [0.2, 0.25) is 23.6 Å². The molecule has 0 heterocycles. The third-order valence-electron chi connectivity index (χ3n) is 7.26. The maximum atomic E-state index is 14.0. The number of nitrogens with two attached hydrogens (primary N) is 5. The van der Waals surface area contributed by atoms with Crippen LogP contribution in [0.4, 0.5) is 0 Å². The van der Waals surface area contributed by atoms with Crippen molar-refractivity contribution in [3.05, 3.63) is 48.0 Å². The van der Waals surface area contributed by atoms with E-state index in [1.54, 1.807) is 24.3 Å². The van der Waals surface area contributed by atoms with Crippen LogP contribution in [0.25, 0.3) is 0 Å². The molecule has 1 aliphatic rings. The summed E-state index contributed by atoms with van der Waals surface area (Å²) in [4.78, 5) is 57.8. The van der Waals surface area contributed by atoms with Crippen molar-refractivity contribution in [2.75, 3.05) is 13.1 Å². The summed E-state index contributed by atoms with van der Waals surface area (Å²) in [6, 6.07) is 4.61. The minimum atomic E-state index is -1.26. The van der Waals surface area contributed by atoms with E-state index in [0.717, 1.165) is 19.3 Å². The molecule has 41 heavy (non-hydrogen) atoms. The number of primary amides is 2. The van der Waals surface area contributed by atoms with Crippen molar-refractivity contribution in [1.29, 1.82) is 5.41 Å². The number of benzene rings is 1. The molecular formula is C28H43N9O4. The minimum Gasteiger partial charge on any atom is -0.384 e. The van der Waals surface area contributed by atoms with Crippen molar-refractivity contribution in [2.45, 2.75) is 63.5 Å². The smallest absolute Gasteiger partial charge is 0.243 e. The molecule has 13 heteroatoms. The summed E-state index contributed by atoms with van der Waals surface area (Å²) in [5, 5.41) is 10.3. The third-order valence-corrected chi connectivity index (χ3v) is 7.26. The predicted molar refractivity (Wildman–Crippen MR) is 157 cm³/mol. The van der Waals surface area contributed by atoms with Gasteiger partial charge in [-0.1, -0.05) is 49.6 Å². The highest BCUT2D eigenvalue weighted by atomic mass is 16.2. The molecule has 3 atom stereocenters. The van der Waals surface area contributed by atoms with Crippen LogP contribution in [-0.4, -0.2) is 65.5 Å². The fourth-order valence-corrected chi connectivity index (χ4v) is 5.15. The van der Waals surface area contributed by atoms with Crippen LogP contribution >= 0.6 is 0 Å². The lowest BCUT2D eigenvalue weighted by Gasteiger charge is -2.39. The maximum Gasteiger partial charge on any atom is 0.243 e. The lowest BCUT2D eigenvalue weighted by Crippen LogP contribution is -2.59. The van der Waals surface area contributed by atoms with E-state index >= 15 is 0 Å². The fourth-order valence-electron chi connectivity index (χ4n) is 5.15. The van der Waals surface area contributed by atoms with Gasteiger partial charge in [-0.25, -0.2) is 0 Å². The van der Waals surface area contributed by atoms with Gasteiger partial charge < -0.3 is 38.9 Å². The normalized spacial score (nSPS) is 15.5. The van der Waals surface area contributed by atoms with E-state index in [1.165, 1.54) is 11.0 Å². The standard InChI is InChI=1S/C28H43N9O4/c1-2-15-37(27(41)20(24(31)38)16-17-10-12-19(13-11-17)23(29)30)22(18-7-4-3-5-8-18)26(40)36-21(25(32)39)9-6-14-35-28(33)34/h2,10-13,18,20-22H,1,3-9,14-16H2,(H3,29,30)(H2,31,38)(H2,32,39)(H,36,40)(H4,33,34,35)/t20?,21?,22-/m0/s1. The number of hydrogen-bond acceptors (Lipinski definition) is 6. The summed E-state index contributed by atoms with van der Waals surface area (Å²) in [7, 11) is 0. The number of carbonyl (C=O) groups is 4. The molecule has 4 amide bonds. The van der Waals surface area contributed by atoms with Crippen LogP contribution < -0.4 is 34.0 Å². The first-order chi connectivity index (χ1) is 19.5. The molecule has 0 spiro atoms. The summed E-state index contributed by atoms with van der Waals surface area (Å²) in [5.74, 6) is -4.36. The lowest BCUT2D eigenvalue weighted by atomic mass is 9.82. The molecule has 1 saturated carbocycles. The number of hydrogen-bond donors (Lipinski definition) is 7. The SMILES string of the molecule is C=CCN(C(=O)C(Cc1ccc(C(=N)N)cc1)C(N)=O)[C@H](C(=O)NC(CCCN=C(N)N)C(N)=O)C1CCCCC1. The van der Waals surface area contributed by atoms with Crippen molar-refractivity contribution in [3.8, 4) is 0 Å². The van der Waals surface area contributed by atoms with Gasteiger partial charge in [0.25, 0.3) is 0 Å². The van der Waals surface area contributed by atoms with Gasteiger partial charge in [0.15, 0.2) is 5.96 Å². The van der Waals surface area contributed by atoms with Crippen LogP contribution in [0, 0.1) is 17.2 Å². The van der Waals surface area contributed by atoms with Gasteiger partial charge in [-0.05, 0) is 43.6 Å². The first-order valence-electron chi connectivity index (χ1n) is 13.7. The predicted octanol–water partition coefficient (Wildman–Crippen LogP) is -0.398. The number of rotatable bonds is 16. The number of guanidine groups is 1. The topological polar surface area (TPSA) is 250 Å². The zero-order valence-corrected chi connectivity index (χ0v) is 23.4. The van der Waals surface area contributed by atoms with Crippen LogP contribution in [0.2, 0.25) is 0 Å². The highest BCUT2D eigenvalue weighted by Crippen LogP contribution is 2.30. The van der Waals surface area contributed by atoms with E-state index in [-0.39, 0.29) is 43.6 Å². The molecule has 0 bridgehead atoms. The van der Waals surface area contributed by atoms with E-state index in [2.05, 4.69) is 16.9 Å². The number of nitrogen functional groups attached to an aromatic ring is 1. The summed E-state index contributed by atoms with van der Waals surface area (Å²) in [5.41, 5.74) is 28.7. The Morgan fingerprint density at radius 3 is 2.17 bits per heavy atom. The van der Waals surface area contributed by atoms with Gasteiger partial charge in [0, 0.05) is 18.7 Å². The van der Waals surface area contributed by atoms with E-state index in [1.807, 2.05) is 0 Å². The Kier molecular flexibility index (Phi) is 12.8. The summed E-state index contributed by atoms with van der Waals surface area (Å²) < 4.78 is 0. The Morgan fingerprint density at radius 2 is 1.66 bits per heavy atom. The Labute approximate surface area is 240 Å².